The summed E-state index contributed by atoms with van der Waals surface area (Å²) in [6, 6.07) is 11.3. The molecule has 0 spiro atoms. The van der Waals surface area contributed by atoms with Crippen molar-refractivity contribution in [3.8, 4) is 11.5 Å². The summed E-state index contributed by atoms with van der Waals surface area (Å²) in [6.07, 6.45) is 0. The van der Waals surface area contributed by atoms with Gasteiger partial charge in [-0.1, -0.05) is 36.4 Å². The molecule has 3 aromatic carbocycles. The number of benzene rings is 3. The topological polar surface area (TPSA) is 104 Å². The number of carbonyl (C=O) groups is 2. The van der Waals surface area contributed by atoms with Crippen molar-refractivity contribution in [2.45, 2.75) is 33.3 Å². The summed E-state index contributed by atoms with van der Waals surface area (Å²) in [5.74, 6) is -2.26. The number of esters is 1. The smallest absolute Gasteiger partial charge is 0.341 e. The van der Waals surface area contributed by atoms with Gasteiger partial charge >= 0.3 is 11.9 Å². The van der Waals surface area contributed by atoms with E-state index >= 15 is 0 Å². The van der Waals surface area contributed by atoms with Gasteiger partial charge < -0.3 is 20.1 Å². The minimum absolute atomic E-state index is 0.0843. The van der Waals surface area contributed by atoms with Crippen LogP contribution in [0.4, 0.5) is 0 Å². The maximum Gasteiger partial charge on any atom is 0.341 e. The molecule has 158 valence electrons. The summed E-state index contributed by atoms with van der Waals surface area (Å²) in [7, 11) is 0. The number of hydrogen-bond acceptors (Lipinski definition) is 5. The Hall–Kier alpha value is -3.80. The van der Waals surface area contributed by atoms with Crippen molar-refractivity contribution >= 4 is 11.9 Å². The first kappa shape index (κ1) is 20.5. The second-order valence-corrected chi connectivity index (χ2v) is 7.91. The van der Waals surface area contributed by atoms with Crippen molar-refractivity contribution in [2.75, 3.05) is 0 Å². The van der Waals surface area contributed by atoms with E-state index in [1.165, 1.54) is 12.1 Å². The summed E-state index contributed by atoms with van der Waals surface area (Å²) >= 11 is 0. The van der Waals surface area contributed by atoms with Crippen molar-refractivity contribution in [3.63, 3.8) is 0 Å². The van der Waals surface area contributed by atoms with Gasteiger partial charge in [0.05, 0.1) is 11.1 Å². The number of cyclic esters (lactones) is 1. The van der Waals surface area contributed by atoms with Gasteiger partial charge in [0.2, 0.25) is 0 Å². The second-order valence-electron chi connectivity index (χ2n) is 7.91. The van der Waals surface area contributed by atoms with Crippen LogP contribution in [-0.2, 0) is 10.3 Å². The number of aromatic hydroxyl groups is 2. The molecule has 0 saturated carbocycles. The third-order valence-electron chi connectivity index (χ3n) is 6.29. The second kappa shape index (κ2) is 6.87. The number of phenolic OH excluding ortho intramolecular Hbond substituents is 2. The Bertz CT molecular complexity index is 1210. The van der Waals surface area contributed by atoms with Crippen LogP contribution in [0.25, 0.3) is 0 Å². The number of aromatic carboxylic acids is 1. The number of ether oxygens (including phenoxy) is 1. The summed E-state index contributed by atoms with van der Waals surface area (Å²) in [6.45, 7) is 7.17. The minimum Gasteiger partial charge on any atom is -0.507 e. The molecule has 1 heterocycles. The molecule has 3 aromatic rings. The normalized spacial score (nSPS) is 14.3. The number of phenols is 2. The monoisotopic (exact) mass is 418 g/mol. The average Bonchev–Trinajstić information content (AvgIpc) is 3.03. The van der Waals surface area contributed by atoms with E-state index in [0.717, 1.165) is 11.1 Å². The first-order valence-corrected chi connectivity index (χ1v) is 9.80. The largest absolute Gasteiger partial charge is 0.507 e. The zero-order valence-electron chi connectivity index (χ0n) is 17.6. The van der Waals surface area contributed by atoms with E-state index in [0.29, 0.717) is 11.1 Å². The fourth-order valence-electron chi connectivity index (χ4n) is 4.20. The number of aryl methyl sites for hydroxylation is 2. The summed E-state index contributed by atoms with van der Waals surface area (Å²) in [5, 5.41) is 31.8. The van der Waals surface area contributed by atoms with Crippen LogP contribution < -0.4 is 0 Å². The predicted octanol–water partition coefficient (Wildman–Crippen LogP) is 4.49. The van der Waals surface area contributed by atoms with Crippen molar-refractivity contribution in [3.05, 3.63) is 92.5 Å². The van der Waals surface area contributed by atoms with Crippen LogP contribution in [-0.4, -0.2) is 27.3 Å². The van der Waals surface area contributed by atoms with Gasteiger partial charge in [0.1, 0.15) is 11.5 Å². The fraction of sp³-hybridized carbons (Fsp3) is 0.200. The molecule has 0 saturated heterocycles. The highest BCUT2D eigenvalue weighted by Crippen LogP contribution is 2.53. The van der Waals surface area contributed by atoms with Gasteiger partial charge in [-0.05, 0) is 56.0 Å². The molecule has 6 nitrogen and oxygen atoms in total. The molecule has 0 radical (unpaired) electrons. The minimum atomic E-state index is -1.71. The van der Waals surface area contributed by atoms with Crippen LogP contribution in [0.15, 0.2) is 42.5 Å². The number of fused-ring (bicyclic) bond motifs is 1. The fourth-order valence-corrected chi connectivity index (χ4v) is 4.20. The van der Waals surface area contributed by atoms with E-state index < -0.39 is 17.5 Å². The first-order chi connectivity index (χ1) is 14.6. The number of carboxylic acid groups (broad SMARTS) is 1. The van der Waals surface area contributed by atoms with Gasteiger partial charge in [0.15, 0.2) is 5.60 Å². The Morgan fingerprint density at radius 1 is 0.806 bits per heavy atom. The average molecular weight is 418 g/mol. The lowest BCUT2D eigenvalue weighted by Gasteiger charge is -2.32. The van der Waals surface area contributed by atoms with Crippen molar-refractivity contribution in [1.82, 2.24) is 0 Å². The Morgan fingerprint density at radius 2 is 1.32 bits per heavy atom. The van der Waals surface area contributed by atoms with E-state index in [1.54, 1.807) is 44.2 Å². The van der Waals surface area contributed by atoms with Crippen molar-refractivity contribution in [2.24, 2.45) is 0 Å². The van der Waals surface area contributed by atoms with Gasteiger partial charge in [-0.3, -0.25) is 0 Å². The van der Waals surface area contributed by atoms with Crippen LogP contribution in [0.5, 0.6) is 11.5 Å². The van der Waals surface area contributed by atoms with Crippen LogP contribution in [0.1, 0.15) is 59.7 Å². The zero-order valence-corrected chi connectivity index (χ0v) is 17.6. The molecule has 0 aliphatic carbocycles. The molecule has 0 amide bonds. The SMILES string of the molecule is Cc1ccc(C2(c3ccc(C)c(C)c3O)OC(=O)c3c(C(=O)O)cccc32)c(O)c1C. The molecule has 0 bridgehead atoms. The molecule has 0 aromatic heterocycles. The summed E-state index contributed by atoms with van der Waals surface area (Å²) in [4.78, 5) is 24.8. The van der Waals surface area contributed by atoms with Crippen molar-refractivity contribution < 1.29 is 29.6 Å². The molecule has 0 unspecified atom stereocenters. The summed E-state index contributed by atoms with van der Waals surface area (Å²) < 4.78 is 5.91. The van der Waals surface area contributed by atoms with Crippen molar-refractivity contribution in [1.29, 1.82) is 0 Å². The van der Waals surface area contributed by atoms with Gasteiger partial charge in [-0.25, -0.2) is 9.59 Å². The molecule has 1 aliphatic rings. The lowest BCUT2D eigenvalue weighted by molar-refractivity contribution is 0.0236. The molecule has 31 heavy (non-hydrogen) atoms. The number of carboxylic acids is 1. The van der Waals surface area contributed by atoms with Gasteiger partial charge in [-0.2, -0.15) is 0 Å². The molecule has 1 aliphatic heterocycles. The van der Waals surface area contributed by atoms with Crippen LogP contribution >= 0.6 is 0 Å². The van der Waals surface area contributed by atoms with E-state index in [9.17, 15) is 24.9 Å². The standard InChI is InChI=1S/C25H22O6/c1-12-8-10-18(21(26)14(12)3)25(19-11-9-13(2)15(4)22(19)27)17-7-5-6-16(23(28)29)20(17)24(30)31-25/h5-11,26-27H,1-4H3,(H,28,29). The molecule has 0 atom stereocenters. The zero-order chi connectivity index (χ0) is 22.7. The van der Waals surface area contributed by atoms with Gasteiger partial charge in [-0.15, -0.1) is 0 Å². The highest BCUT2D eigenvalue weighted by molar-refractivity contribution is 6.06. The predicted molar refractivity (Wildman–Crippen MR) is 114 cm³/mol. The van der Waals surface area contributed by atoms with Gasteiger partial charge in [0.25, 0.3) is 0 Å². The number of hydrogen-bond donors (Lipinski definition) is 3. The molecule has 3 N–H and O–H groups in total. The van der Waals surface area contributed by atoms with E-state index in [2.05, 4.69) is 0 Å². The highest BCUT2D eigenvalue weighted by Gasteiger charge is 2.53. The molecule has 4 rings (SSSR count). The lowest BCUT2D eigenvalue weighted by Crippen LogP contribution is -2.30. The first-order valence-electron chi connectivity index (χ1n) is 9.80. The van der Waals surface area contributed by atoms with E-state index in [-0.39, 0.29) is 39.3 Å². The number of carbonyl (C=O) groups excluding carboxylic acids is 1. The van der Waals surface area contributed by atoms with Crippen LogP contribution in [0, 0.1) is 27.7 Å². The summed E-state index contributed by atoms with van der Waals surface area (Å²) in [5.41, 5.74) is 1.64. The molecular weight excluding hydrogens is 396 g/mol. The van der Waals surface area contributed by atoms with Crippen LogP contribution in [0.3, 0.4) is 0 Å². The third kappa shape index (κ3) is 2.71. The molecule has 6 heteroatoms. The third-order valence-corrected chi connectivity index (χ3v) is 6.29. The molecular formula is C25H22O6. The lowest BCUT2D eigenvalue weighted by atomic mass is 9.76. The Morgan fingerprint density at radius 3 is 1.81 bits per heavy atom. The van der Waals surface area contributed by atoms with Gasteiger partial charge in [0, 0.05) is 16.7 Å². The molecule has 0 fully saturated rings. The number of rotatable bonds is 3. The van der Waals surface area contributed by atoms with E-state index in [1.807, 2.05) is 13.8 Å². The van der Waals surface area contributed by atoms with Crippen LogP contribution in [0.2, 0.25) is 0 Å². The quantitative estimate of drug-likeness (QED) is 0.542. The Labute approximate surface area is 179 Å². The maximum absolute atomic E-state index is 13.0. The Kier molecular flexibility index (Phi) is 4.54. The maximum atomic E-state index is 13.0. The highest BCUT2D eigenvalue weighted by atomic mass is 16.6. The van der Waals surface area contributed by atoms with E-state index in [4.69, 9.17) is 4.74 Å². The Balaban J connectivity index is 2.19.